The van der Waals surface area contributed by atoms with Crippen molar-refractivity contribution >= 4 is 23.2 Å². The number of nitrogens with one attached hydrogen (secondary N) is 1. The summed E-state index contributed by atoms with van der Waals surface area (Å²) in [7, 11) is 3.16. The molecule has 0 fully saturated rings. The van der Waals surface area contributed by atoms with Gasteiger partial charge in [-0.3, -0.25) is 0 Å². The van der Waals surface area contributed by atoms with Gasteiger partial charge in [0.25, 0.3) is 0 Å². The van der Waals surface area contributed by atoms with Crippen molar-refractivity contribution in [3.05, 3.63) is 59.2 Å². The molecule has 0 aliphatic heterocycles. The number of halogens is 1. The summed E-state index contributed by atoms with van der Waals surface area (Å²) in [6.07, 6.45) is 1.64. The van der Waals surface area contributed by atoms with Crippen LogP contribution in [0.5, 0.6) is 11.5 Å². The molecular weight excluding hydrogens is 352 g/mol. The summed E-state index contributed by atoms with van der Waals surface area (Å²) in [5, 5.41) is 12.7. The lowest BCUT2D eigenvalue weighted by molar-refractivity contribution is 0.355. The summed E-state index contributed by atoms with van der Waals surface area (Å²) in [6, 6.07) is 14.5. The Balaban J connectivity index is 1.90. The van der Waals surface area contributed by atoms with Crippen LogP contribution in [0, 0.1) is 11.3 Å². The Hall–Kier alpha value is -3.30. The van der Waals surface area contributed by atoms with Crippen LogP contribution < -0.4 is 14.8 Å². The molecule has 6 nitrogen and oxygen atoms in total. The van der Waals surface area contributed by atoms with E-state index in [1.165, 1.54) is 0 Å². The lowest BCUT2D eigenvalue weighted by Gasteiger charge is -2.11. The maximum absolute atomic E-state index is 9.13. The molecule has 0 aliphatic carbocycles. The summed E-state index contributed by atoms with van der Waals surface area (Å²) in [5.41, 5.74) is 2.62. The Morgan fingerprint density at radius 1 is 1.04 bits per heavy atom. The monoisotopic (exact) mass is 366 g/mol. The zero-order valence-corrected chi connectivity index (χ0v) is 14.9. The number of nitrogens with zero attached hydrogens (tertiary/aromatic N) is 3. The molecule has 0 radical (unpaired) electrons. The molecule has 0 saturated carbocycles. The van der Waals surface area contributed by atoms with Crippen molar-refractivity contribution in [3.8, 4) is 28.8 Å². The van der Waals surface area contributed by atoms with E-state index in [-0.39, 0.29) is 0 Å². The molecule has 26 heavy (non-hydrogen) atoms. The Kier molecular flexibility index (Phi) is 5.20. The van der Waals surface area contributed by atoms with Gasteiger partial charge >= 0.3 is 0 Å². The van der Waals surface area contributed by atoms with Gasteiger partial charge in [-0.15, -0.1) is 0 Å². The summed E-state index contributed by atoms with van der Waals surface area (Å²) >= 11 is 5.99. The Morgan fingerprint density at radius 3 is 2.58 bits per heavy atom. The van der Waals surface area contributed by atoms with Gasteiger partial charge in [0.05, 0.1) is 30.5 Å². The van der Waals surface area contributed by atoms with Crippen molar-refractivity contribution in [2.24, 2.45) is 0 Å². The third-order valence-electron chi connectivity index (χ3n) is 3.68. The van der Waals surface area contributed by atoms with E-state index in [2.05, 4.69) is 21.4 Å². The number of rotatable bonds is 5. The number of methoxy groups -OCH3 is 2. The van der Waals surface area contributed by atoms with Gasteiger partial charge in [-0.2, -0.15) is 5.26 Å². The van der Waals surface area contributed by atoms with Crippen LogP contribution >= 0.6 is 11.6 Å². The summed E-state index contributed by atoms with van der Waals surface area (Å²) in [4.78, 5) is 8.73. The first-order chi connectivity index (χ1) is 12.6. The highest BCUT2D eigenvalue weighted by Gasteiger charge is 2.08. The molecule has 0 saturated heterocycles. The molecule has 7 heteroatoms. The van der Waals surface area contributed by atoms with Gasteiger partial charge in [-0.1, -0.05) is 17.7 Å². The standard InChI is InChI=1S/C19H15ClN4O2/c1-25-17-6-4-14(10-18(17)26-2)23-19-22-8-7-16(24-19)12-3-5-15(20)13(9-12)11-21/h3-10H,1-2H3,(H,22,23,24). The quantitative estimate of drug-likeness (QED) is 0.719. The minimum Gasteiger partial charge on any atom is -0.493 e. The molecule has 0 unspecified atom stereocenters. The third kappa shape index (κ3) is 3.68. The van der Waals surface area contributed by atoms with Gasteiger partial charge < -0.3 is 14.8 Å². The number of anilines is 2. The molecule has 0 amide bonds. The number of aromatic nitrogens is 2. The molecule has 3 aromatic rings. The Morgan fingerprint density at radius 2 is 1.85 bits per heavy atom. The molecular formula is C19H15ClN4O2. The van der Waals surface area contributed by atoms with E-state index in [1.807, 2.05) is 12.1 Å². The Bertz CT molecular complexity index is 986. The minimum atomic E-state index is 0.400. The van der Waals surface area contributed by atoms with E-state index in [1.54, 1.807) is 50.7 Å². The number of hydrogen-bond acceptors (Lipinski definition) is 6. The van der Waals surface area contributed by atoms with Crippen molar-refractivity contribution in [2.45, 2.75) is 0 Å². The average Bonchev–Trinajstić information content (AvgIpc) is 2.68. The smallest absolute Gasteiger partial charge is 0.227 e. The SMILES string of the molecule is COc1ccc(Nc2nccc(-c3ccc(Cl)c(C#N)c3)n2)cc1OC. The molecule has 1 heterocycles. The van der Waals surface area contributed by atoms with Crippen LogP contribution in [0.25, 0.3) is 11.3 Å². The second-order valence-corrected chi connectivity index (χ2v) is 5.67. The molecule has 0 atom stereocenters. The van der Waals surface area contributed by atoms with E-state index >= 15 is 0 Å². The molecule has 1 aromatic heterocycles. The molecule has 3 rings (SSSR count). The second kappa shape index (κ2) is 7.72. The van der Waals surface area contributed by atoms with Crippen LogP contribution in [0.3, 0.4) is 0 Å². The molecule has 0 bridgehead atoms. The first-order valence-electron chi connectivity index (χ1n) is 7.66. The number of benzene rings is 2. The molecule has 0 aliphatic rings. The zero-order chi connectivity index (χ0) is 18.5. The minimum absolute atomic E-state index is 0.400. The van der Waals surface area contributed by atoms with Crippen LogP contribution in [0.2, 0.25) is 5.02 Å². The van der Waals surface area contributed by atoms with Gasteiger partial charge in [0.15, 0.2) is 11.5 Å². The fourth-order valence-corrected chi connectivity index (χ4v) is 2.55. The predicted octanol–water partition coefficient (Wildman–Crippen LogP) is 4.43. The van der Waals surface area contributed by atoms with Crippen LogP contribution in [0.15, 0.2) is 48.7 Å². The Labute approximate surface area is 156 Å². The van der Waals surface area contributed by atoms with Gasteiger partial charge in [-0.25, -0.2) is 9.97 Å². The van der Waals surface area contributed by atoms with Crippen molar-refractivity contribution < 1.29 is 9.47 Å². The second-order valence-electron chi connectivity index (χ2n) is 5.27. The summed E-state index contributed by atoms with van der Waals surface area (Å²) < 4.78 is 10.5. The molecule has 0 spiro atoms. The van der Waals surface area contributed by atoms with Crippen LogP contribution in [0.4, 0.5) is 11.6 Å². The molecule has 130 valence electrons. The highest BCUT2D eigenvalue weighted by Crippen LogP contribution is 2.31. The van der Waals surface area contributed by atoms with E-state index in [4.69, 9.17) is 26.3 Å². The van der Waals surface area contributed by atoms with Crippen LogP contribution in [0.1, 0.15) is 5.56 Å². The van der Waals surface area contributed by atoms with Gasteiger partial charge in [-0.05, 0) is 30.3 Å². The predicted molar refractivity (Wildman–Crippen MR) is 100 cm³/mol. The van der Waals surface area contributed by atoms with E-state index in [9.17, 15) is 0 Å². The number of hydrogen-bond donors (Lipinski definition) is 1. The topological polar surface area (TPSA) is 80.1 Å². The van der Waals surface area contributed by atoms with Crippen molar-refractivity contribution in [1.82, 2.24) is 9.97 Å². The zero-order valence-electron chi connectivity index (χ0n) is 14.2. The molecule has 1 N–H and O–H groups in total. The lowest BCUT2D eigenvalue weighted by Crippen LogP contribution is -1.99. The number of nitriles is 1. The van der Waals surface area contributed by atoms with E-state index < -0.39 is 0 Å². The first kappa shape index (κ1) is 17.5. The highest BCUT2D eigenvalue weighted by atomic mass is 35.5. The summed E-state index contributed by atoms with van der Waals surface area (Å²) in [5.74, 6) is 1.66. The lowest BCUT2D eigenvalue weighted by atomic mass is 10.1. The highest BCUT2D eigenvalue weighted by molar-refractivity contribution is 6.31. The van der Waals surface area contributed by atoms with E-state index in [0.29, 0.717) is 33.7 Å². The third-order valence-corrected chi connectivity index (χ3v) is 4.01. The van der Waals surface area contributed by atoms with Crippen molar-refractivity contribution in [1.29, 1.82) is 5.26 Å². The van der Waals surface area contributed by atoms with Crippen LogP contribution in [-0.2, 0) is 0 Å². The fourth-order valence-electron chi connectivity index (χ4n) is 2.39. The molecule has 2 aromatic carbocycles. The van der Waals surface area contributed by atoms with Crippen molar-refractivity contribution in [3.63, 3.8) is 0 Å². The fraction of sp³-hybridized carbons (Fsp3) is 0.105. The van der Waals surface area contributed by atoms with Crippen molar-refractivity contribution in [2.75, 3.05) is 19.5 Å². The maximum atomic E-state index is 9.13. The first-order valence-corrected chi connectivity index (χ1v) is 8.04. The largest absolute Gasteiger partial charge is 0.493 e. The van der Waals surface area contributed by atoms with Gasteiger partial charge in [0.2, 0.25) is 5.95 Å². The van der Waals surface area contributed by atoms with Crippen LogP contribution in [-0.4, -0.2) is 24.2 Å². The van der Waals surface area contributed by atoms with E-state index in [0.717, 1.165) is 11.3 Å². The summed E-state index contributed by atoms with van der Waals surface area (Å²) in [6.45, 7) is 0. The van der Waals surface area contributed by atoms with Gasteiger partial charge in [0.1, 0.15) is 6.07 Å². The average molecular weight is 367 g/mol. The maximum Gasteiger partial charge on any atom is 0.227 e. The normalized spacial score (nSPS) is 10.1. The number of ether oxygens (including phenoxy) is 2. The van der Waals surface area contributed by atoms with Gasteiger partial charge in [0, 0.05) is 23.5 Å².